The van der Waals surface area contributed by atoms with Crippen LogP contribution in [0.2, 0.25) is 5.02 Å². The van der Waals surface area contributed by atoms with E-state index in [2.05, 4.69) is 18.3 Å². The molecule has 1 fully saturated rings. The molecule has 1 heterocycles. The summed E-state index contributed by atoms with van der Waals surface area (Å²) >= 11 is 8.12. The maximum absolute atomic E-state index is 6.26. The summed E-state index contributed by atoms with van der Waals surface area (Å²) < 4.78 is 0. The van der Waals surface area contributed by atoms with Gasteiger partial charge in [-0.3, -0.25) is 4.99 Å². The Morgan fingerprint density at radius 1 is 1.25 bits per heavy atom. The van der Waals surface area contributed by atoms with Crippen LogP contribution in [0.5, 0.6) is 0 Å². The number of hydrogen-bond acceptors (Lipinski definition) is 3. The van der Waals surface area contributed by atoms with E-state index in [-0.39, 0.29) is 0 Å². The average Bonchev–Trinajstić information content (AvgIpc) is 2.45. The van der Waals surface area contributed by atoms with Gasteiger partial charge in [-0.25, -0.2) is 0 Å². The van der Waals surface area contributed by atoms with Gasteiger partial charge in [-0.1, -0.05) is 48.7 Å². The highest BCUT2D eigenvalue weighted by atomic mass is 35.5. The quantitative estimate of drug-likeness (QED) is 0.779. The van der Waals surface area contributed by atoms with Crippen molar-refractivity contribution in [2.75, 3.05) is 17.6 Å². The second-order valence-electron chi connectivity index (χ2n) is 6.08. The van der Waals surface area contributed by atoms with Gasteiger partial charge < -0.3 is 5.32 Å². The number of nitrogens with zero attached hydrogens (tertiary/aromatic N) is 1. The third-order valence-corrected chi connectivity index (χ3v) is 5.93. The average molecular weight is 309 g/mol. The molecule has 1 aliphatic heterocycles. The Morgan fingerprint density at radius 2 is 2.05 bits per heavy atom. The van der Waals surface area contributed by atoms with E-state index in [4.69, 9.17) is 16.6 Å². The predicted octanol–water partition coefficient (Wildman–Crippen LogP) is 5.11. The fourth-order valence-corrected chi connectivity index (χ4v) is 4.51. The van der Waals surface area contributed by atoms with Gasteiger partial charge in [0.15, 0.2) is 5.17 Å². The van der Waals surface area contributed by atoms with Crippen LogP contribution >= 0.6 is 23.4 Å². The normalized spacial score (nSPS) is 21.6. The van der Waals surface area contributed by atoms with Crippen LogP contribution in [0.15, 0.2) is 23.2 Å². The molecule has 0 saturated heterocycles. The van der Waals surface area contributed by atoms with Crippen molar-refractivity contribution < 1.29 is 0 Å². The van der Waals surface area contributed by atoms with Crippen LogP contribution in [-0.2, 0) is 0 Å². The second kappa shape index (κ2) is 5.98. The maximum atomic E-state index is 6.26. The van der Waals surface area contributed by atoms with Crippen molar-refractivity contribution in [2.45, 2.75) is 39.0 Å². The molecule has 1 aliphatic carbocycles. The molecule has 1 spiro atoms. The molecule has 0 radical (unpaired) electrons. The maximum Gasteiger partial charge on any atom is 0.161 e. The number of aliphatic imine (C=N–C) groups is 1. The van der Waals surface area contributed by atoms with Gasteiger partial charge in [0.25, 0.3) is 0 Å². The van der Waals surface area contributed by atoms with E-state index in [9.17, 15) is 0 Å². The van der Waals surface area contributed by atoms with Gasteiger partial charge in [0.1, 0.15) is 0 Å². The second-order valence-corrected chi connectivity index (χ2v) is 7.45. The fraction of sp³-hybridized carbons (Fsp3) is 0.562. The smallest absolute Gasteiger partial charge is 0.161 e. The molecule has 2 aliphatic rings. The lowest BCUT2D eigenvalue weighted by atomic mass is 9.75. The molecule has 1 saturated carbocycles. The first-order valence-corrected chi connectivity index (χ1v) is 8.74. The molecule has 0 unspecified atom stereocenters. The number of rotatable bonds is 1. The van der Waals surface area contributed by atoms with Crippen molar-refractivity contribution in [3.05, 3.63) is 28.8 Å². The summed E-state index contributed by atoms with van der Waals surface area (Å²) in [6.45, 7) is 3.03. The first-order chi connectivity index (χ1) is 9.67. The van der Waals surface area contributed by atoms with Gasteiger partial charge >= 0.3 is 0 Å². The van der Waals surface area contributed by atoms with Gasteiger partial charge in [0.2, 0.25) is 0 Å². The largest absolute Gasteiger partial charge is 0.334 e. The highest BCUT2D eigenvalue weighted by Gasteiger charge is 2.34. The summed E-state index contributed by atoms with van der Waals surface area (Å²) in [5, 5.41) is 5.17. The monoisotopic (exact) mass is 308 g/mol. The minimum Gasteiger partial charge on any atom is -0.334 e. The molecule has 0 bridgehead atoms. The molecule has 0 aromatic heterocycles. The number of halogens is 1. The van der Waals surface area contributed by atoms with Crippen LogP contribution in [0.3, 0.4) is 0 Å². The third-order valence-electron chi connectivity index (χ3n) is 4.35. The minimum absolute atomic E-state index is 0.477. The van der Waals surface area contributed by atoms with E-state index in [0.717, 1.165) is 22.4 Å². The van der Waals surface area contributed by atoms with E-state index >= 15 is 0 Å². The van der Waals surface area contributed by atoms with Crippen molar-refractivity contribution in [1.82, 2.24) is 0 Å². The zero-order valence-corrected chi connectivity index (χ0v) is 13.5. The van der Waals surface area contributed by atoms with Crippen LogP contribution in [0, 0.1) is 12.3 Å². The predicted molar refractivity (Wildman–Crippen MR) is 90.1 cm³/mol. The van der Waals surface area contributed by atoms with E-state index in [0.29, 0.717) is 5.41 Å². The Kier molecular flexibility index (Phi) is 4.27. The van der Waals surface area contributed by atoms with Gasteiger partial charge in [-0.15, -0.1) is 0 Å². The van der Waals surface area contributed by atoms with Gasteiger partial charge in [0, 0.05) is 12.3 Å². The molecule has 108 valence electrons. The van der Waals surface area contributed by atoms with Gasteiger partial charge in [-0.05, 0) is 42.9 Å². The molecule has 1 aromatic rings. The lowest BCUT2D eigenvalue weighted by Crippen LogP contribution is -2.35. The number of nitrogens with one attached hydrogen (secondary N) is 1. The van der Waals surface area contributed by atoms with Crippen LogP contribution in [0.4, 0.5) is 5.69 Å². The van der Waals surface area contributed by atoms with Crippen LogP contribution in [0.1, 0.15) is 37.7 Å². The van der Waals surface area contributed by atoms with Crippen LogP contribution in [0.25, 0.3) is 0 Å². The topological polar surface area (TPSA) is 24.4 Å². The molecule has 1 aromatic carbocycles. The first kappa shape index (κ1) is 14.3. The molecule has 2 nitrogen and oxygen atoms in total. The first-order valence-electron chi connectivity index (χ1n) is 7.37. The lowest BCUT2D eigenvalue weighted by molar-refractivity contribution is 0.232. The number of amidine groups is 1. The summed E-state index contributed by atoms with van der Waals surface area (Å²) in [7, 11) is 0. The van der Waals surface area contributed by atoms with E-state index in [1.165, 1.54) is 43.4 Å². The van der Waals surface area contributed by atoms with Gasteiger partial charge in [0.05, 0.1) is 10.7 Å². The summed E-state index contributed by atoms with van der Waals surface area (Å²) in [6, 6.07) is 6.09. The Balaban J connectivity index is 1.67. The third kappa shape index (κ3) is 3.15. The van der Waals surface area contributed by atoms with E-state index in [1.54, 1.807) is 0 Å². The summed E-state index contributed by atoms with van der Waals surface area (Å²) in [5.74, 6) is 1.20. The molecule has 4 heteroatoms. The molecule has 1 N–H and O–H groups in total. The molecular formula is C16H21ClN2S. The van der Waals surface area contributed by atoms with Crippen molar-refractivity contribution in [2.24, 2.45) is 10.4 Å². The zero-order valence-electron chi connectivity index (χ0n) is 11.9. The Morgan fingerprint density at radius 3 is 2.70 bits per heavy atom. The fourth-order valence-electron chi connectivity index (χ4n) is 3.07. The molecule has 0 atom stereocenters. The summed E-state index contributed by atoms with van der Waals surface area (Å²) in [5.41, 5.74) is 2.62. The number of benzene rings is 1. The zero-order chi connectivity index (χ0) is 14.0. The number of hydrogen-bond donors (Lipinski definition) is 1. The van der Waals surface area contributed by atoms with Gasteiger partial charge in [-0.2, -0.15) is 0 Å². The van der Waals surface area contributed by atoms with Crippen molar-refractivity contribution >= 4 is 34.2 Å². The Labute approximate surface area is 130 Å². The number of aryl methyl sites for hydroxylation is 1. The Bertz CT molecular complexity index is 521. The lowest BCUT2D eigenvalue weighted by Gasteiger charge is -2.38. The Hall–Kier alpha value is -0.670. The highest BCUT2D eigenvalue weighted by Crippen LogP contribution is 2.42. The molecule has 3 rings (SSSR count). The van der Waals surface area contributed by atoms with Crippen molar-refractivity contribution in [1.29, 1.82) is 0 Å². The van der Waals surface area contributed by atoms with Crippen LogP contribution < -0.4 is 5.32 Å². The summed E-state index contributed by atoms with van der Waals surface area (Å²) in [4.78, 5) is 4.78. The van der Waals surface area contributed by atoms with E-state index in [1.807, 2.05) is 23.9 Å². The number of thioether (sulfide) groups is 1. The standard InChI is InChI=1S/C16H21ClN2S/c1-12-5-6-14(13(17)9-12)19-15-18-10-16(11-20-15)7-3-2-4-8-16/h5-6,9H,2-4,7-8,10-11H2,1H3,(H,18,19). The van der Waals surface area contributed by atoms with Crippen molar-refractivity contribution in [3.63, 3.8) is 0 Å². The highest BCUT2D eigenvalue weighted by molar-refractivity contribution is 8.14. The SMILES string of the molecule is Cc1ccc(NC2=NCC3(CCCCC3)CS2)c(Cl)c1. The molecular weight excluding hydrogens is 288 g/mol. The summed E-state index contributed by atoms with van der Waals surface area (Å²) in [6.07, 6.45) is 6.86. The number of anilines is 1. The van der Waals surface area contributed by atoms with E-state index < -0.39 is 0 Å². The minimum atomic E-state index is 0.477. The molecule has 0 amide bonds. The molecule has 20 heavy (non-hydrogen) atoms. The van der Waals surface area contributed by atoms with Crippen molar-refractivity contribution in [3.8, 4) is 0 Å². The van der Waals surface area contributed by atoms with Crippen LogP contribution in [-0.4, -0.2) is 17.5 Å².